The molecule has 0 spiro atoms. The summed E-state index contributed by atoms with van der Waals surface area (Å²) in [5.41, 5.74) is 3.33. The second-order valence-corrected chi connectivity index (χ2v) is 9.87. The molecule has 2 aromatic carbocycles. The molecule has 8 nitrogen and oxygen atoms in total. The number of ether oxygens (including phenoxy) is 4. The molecule has 1 aliphatic carbocycles. The maximum Gasteiger partial charge on any atom is 0.315 e. The van der Waals surface area contributed by atoms with E-state index in [0.717, 1.165) is 5.56 Å². The highest BCUT2D eigenvalue weighted by molar-refractivity contribution is 9.10. The Morgan fingerprint density at radius 1 is 1.03 bits per heavy atom. The lowest BCUT2D eigenvalue weighted by Gasteiger charge is -2.36. The quantitative estimate of drug-likeness (QED) is 0.448. The summed E-state index contributed by atoms with van der Waals surface area (Å²) in [6, 6.07) is 9.03. The molecule has 0 saturated heterocycles. The molecule has 0 bridgehead atoms. The van der Waals surface area contributed by atoms with Crippen LogP contribution in [0.5, 0.6) is 23.0 Å². The lowest BCUT2D eigenvalue weighted by molar-refractivity contribution is -0.146. The molecule has 1 aliphatic heterocycles. The number of hydrogen-bond donors (Lipinski definition) is 1. The molecule has 196 valence electrons. The maximum absolute atomic E-state index is 13.8. The number of aliphatic imine (C=N–C) groups is 1. The summed E-state index contributed by atoms with van der Waals surface area (Å²) in [6.07, 6.45) is 0.779. The number of phenols is 1. The Morgan fingerprint density at radius 2 is 1.70 bits per heavy atom. The van der Waals surface area contributed by atoms with Crippen molar-refractivity contribution >= 4 is 33.4 Å². The SMILES string of the molecule is CCOC(=O)C1C(C)=NC2=C(C(=O)C[C@H](c3ccc(OC)c(OC)c3)C2)[C@H]1c1cc(Br)c(O)c(OC)c1. The zero-order valence-electron chi connectivity index (χ0n) is 21.5. The monoisotopic (exact) mass is 571 g/mol. The van der Waals surface area contributed by atoms with Gasteiger partial charge in [-0.2, -0.15) is 0 Å². The molecule has 1 heterocycles. The van der Waals surface area contributed by atoms with E-state index in [9.17, 15) is 14.7 Å². The molecule has 0 fully saturated rings. The third-order valence-corrected chi connectivity index (χ3v) is 7.54. The molecule has 0 saturated carbocycles. The van der Waals surface area contributed by atoms with Crippen molar-refractivity contribution < 1.29 is 33.6 Å². The molecule has 0 aromatic heterocycles. The van der Waals surface area contributed by atoms with Crippen LogP contribution < -0.4 is 14.2 Å². The third kappa shape index (κ3) is 4.97. The zero-order chi connectivity index (χ0) is 26.9. The van der Waals surface area contributed by atoms with Crippen molar-refractivity contribution in [2.75, 3.05) is 27.9 Å². The number of allylic oxidation sites excluding steroid dienone is 2. The fraction of sp³-hybridized carbons (Fsp3) is 0.393. The first-order valence-corrected chi connectivity index (χ1v) is 12.8. The van der Waals surface area contributed by atoms with Gasteiger partial charge >= 0.3 is 5.97 Å². The molecular weight excluding hydrogens is 542 g/mol. The van der Waals surface area contributed by atoms with Gasteiger partial charge in [0.1, 0.15) is 5.92 Å². The number of benzene rings is 2. The average molecular weight is 572 g/mol. The molecule has 9 heteroatoms. The smallest absolute Gasteiger partial charge is 0.315 e. The van der Waals surface area contributed by atoms with Gasteiger partial charge in [-0.05, 0) is 77.5 Å². The number of nitrogens with zero attached hydrogens (tertiary/aromatic N) is 1. The Labute approximate surface area is 224 Å². The van der Waals surface area contributed by atoms with Crippen LogP contribution in [0.25, 0.3) is 0 Å². The zero-order valence-corrected chi connectivity index (χ0v) is 23.0. The van der Waals surface area contributed by atoms with Crippen molar-refractivity contribution in [3.63, 3.8) is 0 Å². The Morgan fingerprint density at radius 3 is 2.35 bits per heavy atom. The predicted octanol–water partition coefficient (Wildman–Crippen LogP) is 5.32. The molecule has 3 atom stereocenters. The van der Waals surface area contributed by atoms with Crippen molar-refractivity contribution in [2.24, 2.45) is 10.9 Å². The third-order valence-electron chi connectivity index (χ3n) is 6.94. The van der Waals surface area contributed by atoms with Crippen LogP contribution in [0, 0.1) is 5.92 Å². The second-order valence-electron chi connectivity index (χ2n) is 9.02. The molecule has 1 unspecified atom stereocenters. The van der Waals surface area contributed by atoms with Gasteiger partial charge in [0.2, 0.25) is 0 Å². The van der Waals surface area contributed by atoms with Gasteiger partial charge < -0.3 is 24.1 Å². The van der Waals surface area contributed by atoms with Crippen LogP contribution in [0.15, 0.2) is 51.1 Å². The highest BCUT2D eigenvalue weighted by atomic mass is 79.9. The van der Waals surface area contributed by atoms with Crippen LogP contribution >= 0.6 is 15.9 Å². The van der Waals surface area contributed by atoms with Gasteiger partial charge in [-0.1, -0.05) is 6.07 Å². The highest BCUT2D eigenvalue weighted by Crippen LogP contribution is 2.49. The molecular formula is C28H30BrNO7. The minimum atomic E-state index is -0.776. The lowest BCUT2D eigenvalue weighted by atomic mass is 9.69. The fourth-order valence-electron chi connectivity index (χ4n) is 5.23. The molecule has 0 amide bonds. The van der Waals surface area contributed by atoms with E-state index >= 15 is 0 Å². The number of methoxy groups -OCH3 is 3. The van der Waals surface area contributed by atoms with Crippen molar-refractivity contribution in [2.45, 2.75) is 38.5 Å². The molecule has 4 rings (SSSR count). The molecule has 0 radical (unpaired) electrons. The van der Waals surface area contributed by atoms with Crippen molar-refractivity contribution in [3.05, 3.63) is 57.2 Å². The van der Waals surface area contributed by atoms with Crippen molar-refractivity contribution in [1.82, 2.24) is 0 Å². The van der Waals surface area contributed by atoms with E-state index in [1.54, 1.807) is 40.2 Å². The standard InChI is InChI=1S/C28H30BrNO7/c1-6-37-28(33)24-14(2)30-19-10-16(15-7-8-21(34-3)22(12-15)35-4)11-20(31)26(19)25(24)17-9-18(29)27(32)23(13-17)36-5/h7-9,12-13,16,24-25,32H,6,10-11H2,1-5H3/t16-,24?,25+/m1/s1. The number of aromatic hydroxyl groups is 1. The van der Waals surface area contributed by atoms with Gasteiger partial charge in [-0.15, -0.1) is 0 Å². The molecule has 2 aromatic rings. The number of esters is 1. The van der Waals surface area contributed by atoms with Gasteiger partial charge in [-0.3, -0.25) is 14.6 Å². The lowest BCUT2D eigenvalue weighted by Crippen LogP contribution is -2.38. The predicted molar refractivity (Wildman–Crippen MR) is 142 cm³/mol. The minimum Gasteiger partial charge on any atom is -0.503 e. The first-order chi connectivity index (χ1) is 17.7. The molecule has 2 aliphatic rings. The number of carbonyl (C=O) groups is 2. The van der Waals surface area contributed by atoms with Crippen molar-refractivity contribution in [1.29, 1.82) is 0 Å². The van der Waals surface area contributed by atoms with Crippen LogP contribution in [-0.2, 0) is 14.3 Å². The number of ketones is 1. The van der Waals surface area contributed by atoms with E-state index < -0.39 is 17.8 Å². The summed E-state index contributed by atoms with van der Waals surface area (Å²) < 4.78 is 22.0. The number of Topliss-reactive ketones (excluding diaryl/α,β-unsaturated/α-hetero) is 1. The number of rotatable bonds is 7. The Bertz CT molecular complexity index is 1300. The van der Waals surface area contributed by atoms with E-state index in [1.165, 1.54) is 7.11 Å². The summed E-state index contributed by atoms with van der Waals surface area (Å²) >= 11 is 3.38. The summed E-state index contributed by atoms with van der Waals surface area (Å²) in [7, 11) is 4.61. The number of halogens is 1. The Balaban J connectivity index is 1.83. The van der Waals surface area contributed by atoms with Gasteiger partial charge in [0, 0.05) is 29.3 Å². The summed E-state index contributed by atoms with van der Waals surface area (Å²) in [5, 5.41) is 10.4. The van der Waals surface area contributed by atoms with Crippen LogP contribution in [0.3, 0.4) is 0 Å². The van der Waals surface area contributed by atoms with Crippen molar-refractivity contribution in [3.8, 4) is 23.0 Å². The minimum absolute atomic E-state index is 0.0576. The number of hydrogen-bond acceptors (Lipinski definition) is 8. The number of carbonyl (C=O) groups excluding carboxylic acids is 2. The summed E-state index contributed by atoms with van der Waals surface area (Å²) in [4.78, 5) is 31.7. The topological polar surface area (TPSA) is 104 Å². The molecule has 37 heavy (non-hydrogen) atoms. The van der Waals surface area contributed by atoms with Gasteiger partial charge in [0.15, 0.2) is 28.8 Å². The van der Waals surface area contributed by atoms with Gasteiger partial charge in [-0.25, -0.2) is 0 Å². The van der Waals surface area contributed by atoms with Crippen LogP contribution in [0.4, 0.5) is 0 Å². The summed E-state index contributed by atoms with van der Waals surface area (Å²) in [6.45, 7) is 3.74. The Kier molecular flexibility index (Phi) is 7.92. The Hall–Kier alpha value is -3.33. The maximum atomic E-state index is 13.8. The van der Waals surface area contributed by atoms with Crippen LogP contribution in [0.2, 0.25) is 0 Å². The number of phenolic OH excluding ortho intramolecular Hbond substituents is 1. The highest BCUT2D eigenvalue weighted by Gasteiger charge is 2.45. The first kappa shape index (κ1) is 26.7. The van der Waals surface area contributed by atoms with E-state index in [-0.39, 0.29) is 36.2 Å². The fourth-order valence-corrected chi connectivity index (χ4v) is 5.69. The molecule has 1 N–H and O–H groups in total. The van der Waals surface area contributed by atoms with E-state index in [2.05, 4.69) is 15.9 Å². The van der Waals surface area contributed by atoms with Gasteiger partial charge in [0.25, 0.3) is 0 Å². The second kappa shape index (κ2) is 11.0. The van der Waals surface area contributed by atoms with Gasteiger partial charge in [0.05, 0.1) is 32.4 Å². The summed E-state index contributed by atoms with van der Waals surface area (Å²) in [5.74, 6) is -0.654. The largest absolute Gasteiger partial charge is 0.503 e. The normalized spacial score (nSPS) is 21.2. The van der Waals surface area contributed by atoms with E-state index in [4.69, 9.17) is 23.9 Å². The first-order valence-electron chi connectivity index (χ1n) is 12.0. The van der Waals surface area contributed by atoms with E-state index in [1.807, 2.05) is 18.2 Å². The van der Waals surface area contributed by atoms with Crippen LogP contribution in [-0.4, -0.2) is 50.5 Å². The average Bonchev–Trinajstić information content (AvgIpc) is 2.88. The van der Waals surface area contributed by atoms with E-state index in [0.29, 0.717) is 44.9 Å². The van der Waals surface area contributed by atoms with Crippen LogP contribution in [0.1, 0.15) is 49.7 Å².